The molecule has 7 aromatic rings. The Balaban J connectivity index is 1.44. The molecule has 0 fully saturated rings. The molecule has 1 aliphatic heterocycles. The summed E-state index contributed by atoms with van der Waals surface area (Å²) in [6, 6.07) is 41.5. The maximum atomic E-state index is 15.4. The van der Waals surface area contributed by atoms with Crippen molar-refractivity contribution in [1.82, 2.24) is 0 Å². The number of furan rings is 1. The lowest BCUT2D eigenvalue weighted by atomic mass is 9.71. The summed E-state index contributed by atoms with van der Waals surface area (Å²) in [6.07, 6.45) is 0. The summed E-state index contributed by atoms with van der Waals surface area (Å²) < 4.78 is 21.1. The SMILES string of the molecule is Cc1ccc2c(c1)[C@@]1(C(=O)N(Cc3ccccc3)c3ccccc31)c1c-2oc2c1c(-c1ccc(F)cc1)cc1ccccc12. The topological polar surface area (TPSA) is 33.5 Å². The van der Waals surface area contributed by atoms with Crippen molar-refractivity contribution in [1.29, 1.82) is 0 Å². The highest BCUT2D eigenvalue weighted by Gasteiger charge is 2.60. The fourth-order valence-electron chi connectivity index (χ4n) is 7.52. The number of benzene rings is 6. The number of amides is 1. The van der Waals surface area contributed by atoms with Gasteiger partial charge < -0.3 is 9.32 Å². The minimum absolute atomic E-state index is 0.00840. The smallest absolute Gasteiger partial charge is 0.247 e. The Labute approximate surface area is 253 Å². The van der Waals surface area contributed by atoms with Crippen molar-refractivity contribution >= 4 is 33.3 Å². The molecule has 6 aromatic carbocycles. The molecule has 44 heavy (non-hydrogen) atoms. The Kier molecular flexibility index (Phi) is 5.13. The fraction of sp³-hybridized carbons (Fsp3) is 0.0750. The van der Waals surface area contributed by atoms with Gasteiger partial charge in [0.05, 0.1) is 6.54 Å². The van der Waals surface area contributed by atoms with Gasteiger partial charge in [-0.05, 0) is 58.8 Å². The molecule has 2 heterocycles. The minimum Gasteiger partial charge on any atom is -0.455 e. The van der Waals surface area contributed by atoms with Crippen molar-refractivity contribution in [2.45, 2.75) is 18.9 Å². The molecular weight excluding hydrogens is 545 g/mol. The van der Waals surface area contributed by atoms with Gasteiger partial charge in [-0.25, -0.2) is 4.39 Å². The molecule has 1 aromatic heterocycles. The van der Waals surface area contributed by atoms with E-state index >= 15 is 4.79 Å². The van der Waals surface area contributed by atoms with E-state index in [9.17, 15) is 4.39 Å². The van der Waals surface area contributed by atoms with Crippen LogP contribution in [0.5, 0.6) is 0 Å². The number of halogens is 1. The number of hydrogen-bond donors (Lipinski definition) is 0. The van der Waals surface area contributed by atoms with E-state index in [2.05, 4.69) is 67.6 Å². The van der Waals surface area contributed by atoms with Crippen LogP contribution in [0.4, 0.5) is 10.1 Å². The molecule has 2 aliphatic rings. The van der Waals surface area contributed by atoms with Crippen LogP contribution in [0.1, 0.15) is 27.8 Å². The molecule has 0 saturated carbocycles. The molecule has 0 radical (unpaired) electrons. The Morgan fingerprint density at radius 1 is 0.750 bits per heavy atom. The second-order valence-electron chi connectivity index (χ2n) is 11.9. The third kappa shape index (κ3) is 3.23. The lowest BCUT2D eigenvalue weighted by Gasteiger charge is -2.27. The van der Waals surface area contributed by atoms with Crippen LogP contribution in [0.25, 0.3) is 44.2 Å². The van der Waals surface area contributed by atoms with Gasteiger partial charge in [0.2, 0.25) is 5.91 Å². The van der Waals surface area contributed by atoms with Gasteiger partial charge in [0, 0.05) is 33.2 Å². The summed E-state index contributed by atoms with van der Waals surface area (Å²) in [4.78, 5) is 17.3. The third-order valence-corrected chi connectivity index (χ3v) is 9.39. The monoisotopic (exact) mass is 571 g/mol. The van der Waals surface area contributed by atoms with E-state index in [1.807, 2.05) is 59.5 Å². The Morgan fingerprint density at radius 2 is 1.50 bits per heavy atom. The van der Waals surface area contributed by atoms with Crippen molar-refractivity contribution in [3.8, 4) is 22.5 Å². The highest BCUT2D eigenvalue weighted by atomic mass is 19.1. The summed E-state index contributed by atoms with van der Waals surface area (Å²) in [7, 11) is 0. The highest BCUT2D eigenvalue weighted by Crippen LogP contribution is 2.63. The quantitative estimate of drug-likeness (QED) is 0.212. The maximum absolute atomic E-state index is 15.4. The first-order valence-electron chi connectivity index (χ1n) is 14.9. The number of nitrogens with zero attached hydrogens (tertiary/aromatic N) is 1. The van der Waals surface area contributed by atoms with Gasteiger partial charge in [-0.3, -0.25) is 4.79 Å². The predicted molar refractivity (Wildman–Crippen MR) is 173 cm³/mol. The molecule has 0 saturated heterocycles. The second kappa shape index (κ2) is 9.01. The van der Waals surface area contributed by atoms with Gasteiger partial charge >= 0.3 is 0 Å². The Morgan fingerprint density at radius 3 is 2.34 bits per heavy atom. The summed E-state index contributed by atoms with van der Waals surface area (Å²) >= 11 is 0. The highest BCUT2D eigenvalue weighted by molar-refractivity contribution is 6.23. The van der Waals surface area contributed by atoms with Crippen molar-refractivity contribution in [2.75, 3.05) is 4.90 Å². The third-order valence-electron chi connectivity index (χ3n) is 9.39. The number of para-hydroxylation sites is 1. The normalized spacial score (nSPS) is 16.6. The number of fused-ring (bicyclic) bond motifs is 11. The molecule has 0 N–H and O–H groups in total. The van der Waals surface area contributed by atoms with E-state index in [1.165, 1.54) is 12.1 Å². The summed E-state index contributed by atoms with van der Waals surface area (Å²) in [5.41, 5.74) is 8.15. The van der Waals surface area contributed by atoms with Crippen LogP contribution < -0.4 is 4.90 Å². The van der Waals surface area contributed by atoms with Gasteiger partial charge in [0.15, 0.2) is 0 Å². The number of rotatable bonds is 3. The first kappa shape index (κ1) is 25.1. The van der Waals surface area contributed by atoms with Gasteiger partial charge in [-0.15, -0.1) is 0 Å². The standard InChI is InChI=1S/C40H26FNO2/c1-24-15-20-30-33(21-24)40(32-13-7-8-14-34(32)42(39(40)43)23-25-9-3-2-4-10-25)36-35-31(26-16-18-28(41)19-17-26)22-27-11-5-6-12-29(27)37(35)44-38(30)36/h2-22H,23H2,1H3/t40-/m1/s1. The van der Waals surface area contributed by atoms with Gasteiger partial charge in [-0.1, -0.05) is 109 Å². The van der Waals surface area contributed by atoms with Gasteiger partial charge in [-0.2, -0.15) is 0 Å². The van der Waals surface area contributed by atoms with Crippen molar-refractivity contribution in [3.63, 3.8) is 0 Å². The first-order valence-corrected chi connectivity index (χ1v) is 14.9. The number of carbonyl (C=O) groups is 1. The van der Waals surface area contributed by atoms with Crippen molar-refractivity contribution < 1.29 is 13.6 Å². The van der Waals surface area contributed by atoms with Crippen molar-refractivity contribution in [3.05, 3.63) is 161 Å². The molecule has 3 nitrogen and oxygen atoms in total. The predicted octanol–water partition coefficient (Wildman–Crippen LogP) is 9.56. The molecule has 1 amide bonds. The zero-order chi connectivity index (χ0) is 29.6. The molecule has 1 spiro atoms. The lowest BCUT2D eigenvalue weighted by Crippen LogP contribution is -2.40. The van der Waals surface area contributed by atoms with Crippen LogP contribution in [-0.4, -0.2) is 5.91 Å². The van der Waals surface area contributed by atoms with Crippen LogP contribution in [0.2, 0.25) is 0 Å². The number of aryl methyl sites for hydroxylation is 1. The Bertz CT molecular complexity index is 2300. The molecule has 210 valence electrons. The largest absolute Gasteiger partial charge is 0.455 e. The van der Waals surface area contributed by atoms with Crippen LogP contribution >= 0.6 is 0 Å². The maximum Gasteiger partial charge on any atom is 0.247 e. The van der Waals surface area contributed by atoms with E-state index in [0.29, 0.717) is 6.54 Å². The van der Waals surface area contributed by atoms with Crippen molar-refractivity contribution in [2.24, 2.45) is 0 Å². The molecule has 9 rings (SSSR count). The zero-order valence-electron chi connectivity index (χ0n) is 24.0. The summed E-state index contributed by atoms with van der Waals surface area (Å²) in [5.74, 6) is 0.438. The second-order valence-corrected chi connectivity index (χ2v) is 11.9. The first-order chi connectivity index (χ1) is 21.6. The number of hydrogen-bond acceptors (Lipinski definition) is 2. The van der Waals surface area contributed by atoms with E-state index in [1.54, 1.807) is 0 Å². The fourth-order valence-corrected chi connectivity index (χ4v) is 7.52. The van der Waals surface area contributed by atoms with Crippen LogP contribution in [0, 0.1) is 12.7 Å². The van der Waals surface area contributed by atoms with E-state index in [-0.39, 0.29) is 11.7 Å². The van der Waals surface area contributed by atoms with E-state index < -0.39 is 5.41 Å². The Hall–Kier alpha value is -5.48. The molecule has 0 unspecified atom stereocenters. The zero-order valence-corrected chi connectivity index (χ0v) is 24.0. The van der Waals surface area contributed by atoms with E-state index in [4.69, 9.17) is 4.42 Å². The van der Waals surface area contributed by atoms with Crippen LogP contribution in [-0.2, 0) is 16.8 Å². The molecule has 4 heteroatoms. The van der Waals surface area contributed by atoms with Gasteiger partial charge in [0.1, 0.15) is 22.6 Å². The van der Waals surface area contributed by atoms with E-state index in [0.717, 1.165) is 77.7 Å². The summed E-state index contributed by atoms with van der Waals surface area (Å²) in [5, 5.41) is 2.89. The number of carbonyl (C=O) groups excluding carboxylic acids is 1. The average molecular weight is 572 g/mol. The molecule has 1 aliphatic carbocycles. The number of anilines is 1. The van der Waals surface area contributed by atoms with Crippen LogP contribution in [0.15, 0.2) is 132 Å². The molecule has 0 bridgehead atoms. The van der Waals surface area contributed by atoms with Gasteiger partial charge in [0.25, 0.3) is 0 Å². The summed E-state index contributed by atoms with van der Waals surface area (Å²) in [6.45, 7) is 2.52. The minimum atomic E-state index is -1.11. The molecular formula is C40H26FNO2. The van der Waals surface area contributed by atoms with Crippen LogP contribution in [0.3, 0.4) is 0 Å². The molecule has 1 atom stereocenters. The average Bonchev–Trinajstić information content (AvgIpc) is 3.65. The lowest BCUT2D eigenvalue weighted by molar-refractivity contribution is -0.120.